The molecule has 3 aromatic rings. The molecule has 5 nitrogen and oxygen atoms in total. The molecule has 1 amide bonds. The number of hydrazone groups is 2. The molecule has 0 spiro atoms. The second kappa shape index (κ2) is 8.41. The first-order chi connectivity index (χ1) is 14.2. The Bertz CT molecular complexity index is 1010. The Morgan fingerprint density at radius 2 is 1.55 bits per heavy atom. The number of nitrogens with one attached hydrogen (secondary N) is 2. The third-order valence-corrected chi connectivity index (χ3v) is 5.39. The van der Waals surface area contributed by atoms with E-state index in [1.165, 1.54) is 0 Å². The van der Waals surface area contributed by atoms with Crippen LogP contribution in [0.4, 0.5) is 0 Å². The Morgan fingerprint density at radius 3 is 2.14 bits per heavy atom. The Kier molecular flexibility index (Phi) is 5.53. The molecule has 2 N–H and O–H groups in total. The number of rotatable bonds is 5. The van der Waals surface area contributed by atoms with E-state index in [1.807, 2.05) is 84.9 Å². The molecule has 0 atom stereocenters. The first kappa shape index (κ1) is 19.1. The predicted molar refractivity (Wildman–Crippen MR) is 119 cm³/mol. The topological polar surface area (TPSA) is 65.8 Å². The quantitative estimate of drug-likeness (QED) is 0.455. The summed E-state index contributed by atoms with van der Waals surface area (Å²) in [7, 11) is 0. The molecule has 29 heavy (non-hydrogen) atoms. The predicted octanol–water partition coefficient (Wildman–Crippen LogP) is 4.19. The molecule has 0 aromatic heterocycles. The second-order valence-electron chi connectivity index (χ2n) is 6.74. The number of amides is 1. The number of carbonyl (C=O) groups excluding carboxylic acids is 1. The number of hydrogen-bond acceptors (Lipinski definition) is 4. The van der Waals surface area contributed by atoms with Gasteiger partial charge in [-0.3, -0.25) is 10.2 Å². The van der Waals surface area contributed by atoms with Gasteiger partial charge in [0, 0.05) is 10.9 Å². The van der Waals surface area contributed by atoms with Crippen LogP contribution in [0.3, 0.4) is 0 Å². The zero-order chi connectivity index (χ0) is 20.1. The molecule has 0 aliphatic carbocycles. The van der Waals surface area contributed by atoms with E-state index >= 15 is 0 Å². The van der Waals surface area contributed by atoms with Gasteiger partial charge in [-0.2, -0.15) is 10.2 Å². The minimum absolute atomic E-state index is 0.320. The van der Waals surface area contributed by atoms with Crippen LogP contribution in [-0.4, -0.2) is 17.8 Å². The van der Waals surface area contributed by atoms with Crippen LogP contribution in [0.15, 0.2) is 99.6 Å². The van der Waals surface area contributed by atoms with Crippen LogP contribution in [0.25, 0.3) is 0 Å². The van der Waals surface area contributed by atoms with E-state index in [0.717, 1.165) is 21.2 Å². The van der Waals surface area contributed by atoms with Crippen molar-refractivity contribution in [2.75, 3.05) is 0 Å². The van der Waals surface area contributed by atoms with E-state index in [1.54, 1.807) is 6.21 Å². The molecular formula is C23H19BrN4O. The van der Waals surface area contributed by atoms with Crippen molar-refractivity contribution in [3.63, 3.8) is 0 Å². The minimum atomic E-state index is -0.579. The largest absolute Gasteiger partial charge is 0.294 e. The molecule has 144 valence electrons. The normalized spacial score (nSPS) is 15.0. The maximum absolute atomic E-state index is 12.6. The summed E-state index contributed by atoms with van der Waals surface area (Å²) in [5.74, 6) is -0.320. The van der Waals surface area contributed by atoms with E-state index in [0.29, 0.717) is 12.1 Å². The van der Waals surface area contributed by atoms with Crippen molar-refractivity contribution in [2.24, 2.45) is 10.2 Å². The molecule has 1 heterocycles. The number of hydrogen-bond donors (Lipinski definition) is 2. The summed E-state index contributed by atoms with van der Waals surface area (Å²) in [6, 6.07) is 27.7. The van der Waals surface area contributed by atoms with Crippen LogP contribution in [0.5, 0.6) is 0 Å². The summed E-state index contributed by atoms with van der Waals surface area (Å²) in [6.07, 6.45) is 2.04. The van der Waals surface area contributed by atoms with Crippen molar-refractivity contribution in [1.29, 1.82) is 0 Å². The van der Waals surface area contributed by atoms with E-state index < -0.39 is 5.54 Å². The first-order valence-electron chi connectivity index (χ1n) is 9.21. The van der Waals surface area contributed by atoms with E-state index in [9.17, 15) is 4.79 Å². The summed E-state index contributed by atoms with van der Waals surface area (Å²) in [5, 5.41) is 8.41. The van der Waals surface area contributed by atoms with Gasteiger partial charge in [-0.1, -0.05) is 88.7 Å². The molecule has 0 saturated carbocycles. The molecular weight excluding hydrogens is 428 g/mol. The van der Waals surface area contributed by atoms with Crippen LogP contribution in [0, 0.1) is 0 Å². The molecule has 0 bridgehead atoms. The van der Waals surface area contributed by atoms with Crippen LogP contribution in [0.2, 0.25) is 0 Å². The van der Waals surface area contributed by atoms with Gasteiger partial charge in [0.2, 0.25) is 0 Å². The summed E-state index contributed by atoms with van der Waals surface area (Å²) < 4.78 is 0.989. The Labute approximate surface area is 177 Å². The second-order valence-corrected chi connectivity index (χ2v) is 7.65. The number of nitrogens with zero attached hydrogens (tertiary/aromatic N) is 2. The van der Waals surface area contributed by atoms with Gasteiger partial charge >= 0.3 is 0 Å². The van der Waals surface area contributed by atoms with E-state index in [4.69, 9.17) is 0 Å². The lowest BCUT2D eigenvalue weighted by atomic mass is 9.80. The van der Waals surface area contributed by atoms with Gasteiger partial charge in [-0.05, 0) is 28.8 Å². The number of carbonyl (C=O) groups is 1. The monoisotopic (exact) mass is 446 g/mol. The van der Waals surface area contributed by atoms with Crippen LogP contribution in [-0.2, 0) is 10.3 Å². The fourth-order valence-electron chi connectivity index (χ4n) is 3.35. The molecule has 0 radical (unpaired) electrons. The van der Waals surface area contributed by atoms with Gasteiger partial charge in [-0.15, -0.1) is 0 Å². The van der Waals surface area contributed by atoms with Crippen LogP contribution in [0.1, 0.15) is 23.1 Å². The average molecular weight is 447 g/mol. The summed E-state index contributed by atoms with van der Waals surface area (Å²) in [5.41, 5.74) is 8.62. The average Bonchev–Trinajstić information content (AvgIpc) is 3.23. The molecule has 0 fully saturated rings. The highest BCUT2D eigenvalue weighted by molar-refractivity contribution is 9.10. The Balaban J connectivity index is 1.51. The fraction of sp³-hybridized carbons (Fsp3) is 0.0870. The lowest BCUT2D eigenvalue weighted by Crippen LogP contribution is -2.38. The summed E-state index contributed by atoms with van der Waals surface area (Å²) in [6.45, 7) is 0. The summed E-state index contributed by atoms with van der Waals surface area (Å²) >= 11 is 3.39. The number of halogens is 1. The van der Waals surface area contributed by atoms with Gasteiger partial charge in [-0.25, -0.2) is 5.43 Å². The maximum atomic E-state index is 12.6. The third-order valence-electron chi connectivity index (χ3n) is 4.86. The molecule has 6 heteroatoms. The maximum Gasteiger partial charge on any atom is 0.287 e. The lowest BCUT2D eigenvalue weighted by Gasteiger charge is -2.30. The van der Waals surface area contributed by atoms with Gasteiger partial charge in [0.05, 0.1) is 6.21 Å². The van der Waals surface area contributed by atoms with Gasteiger partial charge in [0.15, 0.2) is 0 Å². The van der Waals surface area contributed by atoms with Crippen molar-refractivity contribution in [2.45, 2.75) is 12.0 Å². The van der Waals surface area contributed by atoms with Gasteiger partial charge in [0.25, 0.3) is 5.91 Å². The van der Waals surface area contributed by atoms with Crippen LogP contribution >= 0.6 is 15.9 Å². The van der Waals surface area contributed by atoms with Crippen molar-refractivity contribution in [3.05, 3.63) is 106 Å². The summed E-state index contributed by atoms with van der Waals surface area (Å²) in [4.78, 5) is 12.6. The van der Waals surface area contributed by atoms with Crippen molar-refractivity contribution in [3.8, 4) is 0 Å². The molecule has 1 aliphatic heterocycles. The van der Waals surface area contributed by atoms with Crippen molar-refractivity contribution in [1.82, 2.24) is 10.9 Å². The lowest BCUT2D eigenvalue weighted by molar-refractivity contribution is -0.114. The molecule has 1 aliphatic rings. The highest BCUT2D eigenvalue weighted by Gasteiger charge is 2.41. The highest BCUT2D eigenvalue weighted by atomic mass is 79.9. The van der Waals surface area contributed by atoms with Crippen molar-refractivity contribution >= 4 is 33.8 Å². The van der Waals surface area contributed by atoms with Gasteiger partial charge in [0.1, 0.15) is 11.3 Å². The zero-order valence-electron chi connectivity index (χ0n) is 15.5. The van der Waals surface area contributed by atoms with Crippen LogP contribution < -0.4 is 10.9 Å². The smallest absolute Gasteiger partial charge is 0.287 e. The first-order valence-corrected chi connectivity index (χ1v) is 10.0. The molecule has 0 unspecified atom stereocenters. The zero-order valence-corrected chi connectivity index (χ0v) is 17.1. The SMILES string of the molecule is O=C(NN=Cc1ccc(Br)cc1)C1=NNC(c2ccccc2)(c2ccccc2)C1. The van der Waals surface area contributed by atoms with E-state index in [-0.39, 0.29) is 5.91 Å². The highest BCUT2D eigenvalue weighted by Crippen LogP contribution is 2.36. The van der Waals surface area contributed by atoms with Crippen molar-refractivity contribution < 1.29 is 4.79 Å². The molecule has 3 aromatic carbocycles. The molecule has 0 saturated heterocycles. The standard InChI is InChI=1S/C23H19BrN4O/c24-20-13-11-17(12-14-20)16-25-27-22(29)21-15-23(28-26-21,18-7-3-1-4-8-18)19-9-5-2-6-10-19/h1-14,16,28H,15H2,(H,27,29). The van der Waals surface area contributed by atoms with Gasteiger partial charge < -0.3 is 0 Å². The molecule has 4 rings (SSSR count). The Morgan fingerprint density at radius 1 is 0.966 bits per heavy atom. The fourth-order valence-corrected chi connectivity index (χ4v) is 3.61. The Hall–Kier alpha value is -3.25. The van der Waals surface area contributed by atoms with E-state index in [2.05, 4.69) is 37.0 Å². The minimum Gasteiger partial charge on any atom is -0.294 e. The number of benzene rings is 3. The third kappa shape index (κ3) is 4.12.